The normalized spacial score (nSPS) is 9.93. The Bertz CT molecular complexity index is 932. The van der Waals surface area contributed by atoms with Gasteiger partial charge in [-0.1, -0.05) is 13.2 Å². The average molecular weight is 386 g/mol. The van der Waals surface area contributed by atoms with Crippen molar-refractivity contribution in [1.29, 1.82) is 0 Å². The van der Waals surface area contributed by atoms with Crippen LogP contribution in [0.5, 0.6) is 17.2 Å². The van der Waals surface area contributed by atoms with Gasteiger partial charge in [0.25, 0.3) is 0 Å². The Labute approximate surface area is 159 Å². The largest absolute Gasteiger partial charge is 0.423 e. The van der Waals surface area contributed by atoms with E-state index in [1.165, 1.54) is 30.3 Å². The zero-order chi connectivity index (χ0) is 20.7. The maximum atomic E-state index is 14.1. The maximum absolute atomic E-state index is 14.1. The number of carbonyl (C=O) groups excluding carboxylic acids is 3. The minimum Gasteiger partial charge on any atom is -0.423 e. The van der Waals surface area contributed by atoms with Crippen molar-refractivity contribution >= 4 is 17.9 Å². The van der Waals surface area contributed by atoms with Crippen molar-refractivity contribution in [3.8, 4) is 17.2 Å². The van der Waals surface area contributed by atoms with Crippen LogP contribution in [0.3, 0.4) is 0 Å². The fraction of sp³-hybridized carbons (Fsp3) is 0.0500. The first-order valence-corrected chi connectivity index (χ1v) is 7.81. The predicted molar refractivity (Wildman–Crippen MR) is 95.5 cm³/mol. The quantitative estimate of drug-likeness (QED) is 0.444. The third-order valence-corrected chi connectivity index (χ3v) is 3.27. The molecule has 144 valence electrons. The fourth-order valence-corrected chi connectivity index (χ4v) is 1.85. The van der Waals surface area contributed by atoms with E-state index in [0.717, 1.165) is 18.2 Å². The second-order valence-corrected chi connectivity index (χ2v) is 5.28. The van der Waals surface area contributed by atoms with Crippen LogP contribution >= 0.6 is 0 Å². The second-order valence-electron chi connectivity index (χ2n) is 5.28. The first-order valence-electron chi connectivity index (χ1n) is 7.81. The highest BCUT2D eigenvalue weighted by Gasteiger charge is 2.16. The summed E-state index contributed by atoms with van der Waals surface area (Å²) in [5.41, 5.74) is -0.370. The molecule has 1 N–H and O–H groups in total. The van der Waals surface area contributed by atoms with Gasteiger partial charge in [-0.15, -0.1) is 0 Å². The van der Waals surface area contributed by atoms with Crippen LogP contribution in [0.4, 0.5) is 4.39 Å². The summed E-state index contributed by atoms with van der Waals surface area (Å²) in [5, 5.41) is 8.80. The Morgan fingerprint density at radius 3 is 2.14 bits per heavy atom. The molecule has 0 unspecified atom stereocenters. The zero-order valence-corrected chi connectivity index (χ0v) is 14.5. The molecule has 0 aliphatic carbocycles. The Kier molecular flexibility index (Phi) is 6.78. The molecule has 2 aromatic rings. The SMILES string of the molecule is C=CC(=O)Oc1ccc(OC(=O)c2ccc(OC(=O)C(=C)CO)c(F)c2)cc1. The summed E-state index contributed by atoms with van der Waals surface area (Å²) < 4.78 is 28.8. The molecule has 0 atom stereocenters. The van der Waals surface area contributed by atoms with Gasteiger partial charge < -0.3 is 19.3 Å². The van der Waals surface area contributed by atoms with Gasteiger partial charge in [0.15, 0.2) is 11.6 Å². The number of halogens is 1. The number of hydrogen-bond acceptors (Lipinski definition) is 7. The smallest absolute Gasteiger partial charge is 0.343 e. The molecule has 0 radical (unpaired) electrons. The fourth-order valence-electron chi connectivity index (χ4n) is 1.85. The number of benzene rings is 2. The Morgan fingerprint density at radius 2 is 1.61 bits per heavy atom. The summed E-state index contributed by atoms with van der Waals surface area (Å²) >= 11 is 0. The van der Waals surface area contributed by atoms with Crippen LogP contribution in [0.2, 0.25) is 0 Å². The third kappa shape index (κ3) is 5.36. The van der Waals surface area contributed by atoms with Crippen molar-refractivity contribution in [1.82, 2.24) is 0 Å². The van der Waals surface area contributed by atoms with Crippen molar-refractivity contribution in [2.75, 3.05) is 6.61 Å². The number of aliphatic hydroxyl groups is 1. The molecule has 0 aliphatic heterocycles. The van der Waals surface area contributed by atoms with E-state index in [-0.39, 0.29) is 22.6 Å². The van der Waals surface area contributed by atoms with Crippen molar-refractivity contribution in [2.45, 2.75) is 0 Å². The topological polar surface area (TPSA) is 99.1 Å². The van der Waals surface area contributed by atoms with E-state index in [1.54, 1.807) is 0 Å². The number of aliphatic hydroxyl groups excluding tert-OH is 1. The van der Waals surface area contributed by atoms with Gasteiger partial charge in [0.1, 0.15) is 11.5 Å². The summed E-state index contributed by atoms with van der Waals surface area (Å²) in [6.45, 7) is 5.91. The highest BCUT2D eigenvalue weighted by molar-refractivity contribution is 5.92. The van der Waals surface area contributed by atoms with E-state index in [4.69, 9.17) is 19.3 Å². The van der Waals surface area contributed by atoms with Crippen LogP contribution in [0.25, 0.3) is 0 Å². The minimum atomic E-state index is -0.992. The van der Waals surface area contributed by atoms with Crippen LogP contribution in [-0.4, -0.2) is 29.6 Å². The van der Waals surface area contributed by atoms with Gasteiger partial charge in [-0.25, -0.2) is 18.8 Å². The number of esters is 3. The maximum Gasteiger partial charge on any atom is 0.343 e. The zero-order valence-electron chi connectivity index (χ0n) is 14.5. The number of carbonyl (C=O) groups is 3. The molecule has 0 spiro atoms. The predicted octanol–water partition coefficient (Wildman–Crippen LogP) is 2.59. The van der Waals surface area contributed by atoms with Crippen molar-refractivity contribution in [3.05, 3.63) is 78.7 Å². The van der Waals surface area contributed by atoms with Gasteiger partial charge in [0.2, 0.25) is 0 Å². The molecule has 0 aromatic heterocycles. The molecule has 28 heavy (non-hydrogen) atoms. The van der Waals surface area contributed by atoms with Crippen LogP contribution in [0, 0.1) is 5.82 Å². The van der Waals surface area contributed by atoms with E-state index >= 15 is 0 Å². The van der Waals surface area contributed by atoms with Crippen LogP contribution in [0.1, 0.15) is 10.4 Å². The van der Waals surface area contributed by atoms with E-state index in [9.17, 15) is 18.8 Å². The molecule has 0 amide bonds. The van der Waals surface area contributed by atoms with Crippen LogP contribution < -0.4 is 14.2 Å². The number of rotatable bonds is 7. The first kappa shape index (κ1) is 20.5. The molecule has 0 saturated carbocycles. The summed E-state index contributed by atoms with van der Waals surface area (Å²) in [6, 6.07) is 8.70. The van der Waals surface area contributed by atoms with Gasteiger partial charge in [-0.2, -0.15) is 0 Å². The average Bonchev–Trinajstić information content (AvgIpc) is 2.69. The highest BCUT2D eigenvalue weighted by Crippen LogP contribution is 2.22. The third-order valence-electron chi connectivity index (χ3n) is 3.27. The summed E-state index contributed by atoms with van der Waals surface area (Å²) in [4.78, 5) is 34.7. The van der Waals surface area contributed by atoms with Crippen LogP contribution in [0.15, 0.2) is 67.3 Å². The molecule has 0 aliphatic rings. The highest BCUT2D eigenvalue weighted by atomic mass is 19.1. The van der Waals surface area contributed by atoms with Gasteiger partial charge in [0.05, 0.1) is 17.7 Å². The van der Waals surface area contributed by atoms with Gasteiger partial charge >= 0.3 is 17.9 Å². The number of hydrogen-bond donors (Lipinski definition) is 1. The first-order chi connectivity index (χ1) is 13.3. The summed E-state index contributed by atoms with van der Waals surface area (Å²) in [7, 11) is 0. The standard InChI is InChI=1S/C20H15FO7/c1-3-18(23)26-14-5-7-15(8-6-14)27-20(25)13-4-9-17(16(21)10-13)28-19(24)12(2)11-22/h3-10,22H,1-2,11H2. The van der Waals surface area contributed by atoms with Gasteiger partial charge in [-0.3, -0.25) is 0 Å². The molecule has 2 aromatic carbocycles. The molecule has 0 fully saturated rings. The Morgan fingerprint density at radius 1 is 1.00 bits per heavy atom. The lowest BCUT2D eigenvalue weighted by Gasteiger charge is -2.08. The van der Waals surface area contributed by atoms with Crippen LogP contribution in [-0.2, 0) is 9.59 Å². The van der Waals surface area contributed by atoms with E-state index < -0.39 is 36.1 Å². The molecule has 0 heterocycles. The van der Waals surface area contributed by atoms with Gasteiger partial charge in [0, 0.05) is 6.08 Å². The molecular weight excluding hydrogens is 371 g/mol. The van der Waals surface area contributed by atoms with E-state index in [2.05, 4.69) is 13.2 Å². The molecular formula is C20H15FO7. The van der Waals surface area contributed by atoms with Crippen molar-refractivity contribution in [2.24, 2.45) is 0 Å². The summed E-state index contributed by atoms with van der Waals surface area (Å²) in [6.07, 6.45) is 1.00. The second kappa shape index (κ2) is 9.24. The lowest BCUT2D eigenvalue weighted by atomic mass is 10.2. The number of ether oxygens (including phenoxy) is 3. The molecule has 8 heteroatoms. The molecule has 2 rings (SSSR count). The lowest BCUT2D eigenvalue weighted by Crippen LogP contribution is -2.14. The van der Waals surface area contributed by atoms with Crippen molar-refractivity contribution < 1.29 is 38.1 Å². The monoisotopic (exact) mass is 386 g/mol. The molecule has 0 bridgehead atoms. The lowest BCUT2D eigenvalue weighted by molar-refractivity contribution is -0.131. The van der Waals surface area contributed by atoms with E-state index in [0.29, 0.717) is 0 Å². The van der Waals surface area contributed by atoms with E-state index in [1.807, 2.05) is 0 Å². The molecule has 7 nitrogen and oxygen atoms in total. The molecule has 0 saturated heterocycles. The summed E-state index contributed by atoms with van der Waals surface area (Å²) in [5.74, 6) is -3.51. The Balaban J connectivity index is 2.05. The van der Waals surface area contributed by atoms with Gasteiger partial charge in [-0.05, 0) is 42.5 Å². The minimum absolute atomic E-state index is 0.125. The Hall–Kier alpha value is -3.78. The van der Waals surface area contributed by atoms with Crippen molar-refractivity contribution in [3.63, 3.8) is 0 Å².